The van der Waals surface area contributed by atoms with Gasteiger partial charge in [0.1, 0.15) is 34.2 Å². The Kier molecular flexibility index (Phi) is 8.11. The summed E-state index contributed by atoms with van der Waals surface area (Å²) in [6.45, 7) is 1.33. The Morgan fingerprint density at radius 3 is 2.13 bits per heavy atom. The molecule has 3 aromatic heterocycles. The normalized spacial score (nSPS) is 12.9. The second-order valence-corrected chi connectivity index (χ2v) is 10.1. The van der Waals surface area contributed by atoms with Crippen molar-refractivity contribution in [3.8, 4) is 40.5 Å². The van der Waals surface area contributed by atoms with E-state index in [-0.39, 0.29) is 23.3 Å². The zero-order valence-electron chi connectivity index (χ0n) is 21.8. The van der Waals surface area contributed by atoms with Gasteiger partial charge in [-0.25, -0.2) is 18.4 Å². The van der Waals surface area contributed by atoms with Gasteiger partial charge in [0.05, 0.1) is 46.5 Å². The molecule has 2 atom stereocenters. The summed E-state index contributed by atoms with van der Waals surface area (Å²) in [4.78, 5) is 12.4. The summed E-state index contributed by atoms with van der Waals surface area (Å²) in [7, 11) is 1.54. The van der Waals surface area contributed by atoms with E-state index in [0.717, 1.165) is 0 Å². The Morgan fingerprint density at radius 1 is 0.872 bits per heavy atom. The highest BCUT2D eigenvalue weighted by molar-refractivity contribution is 7.93. The average Bonchev–Trinajstić information content (AvgIpc) is 3.37. The Labute approximate surface area is 224 Å². The number of ether oxygens (including phenoxy) is 4. The molecule has 1 aromatic carbocycles. The van der Waals surface area contributed by atoms with Crippen LogP contribution in [0.1, 0.15) is 18.7 Å². The van der Waals surface area contributed by atoms with Crippen LogP contribution >= 0.6 is 0 Å². The lowest BCUT2D eigenvalue weighted by Gasteiger charge is -2.21. The van der Waals surface area contributed by atoms with E-state index in [4.69, 9.17) is 18.9 Å². The van der Waals surface area contributed by atoms with Gasteiger partial charge in [0, 0.05) is 6.07 Å². The van der Waals surface area contributed by atoms with Gasteiger partial charge >= 0.3 is 0 Å². The van der Waals surface area contributed by atoms with Crippen molar-refractivity contribution >= 4 is 16.0 Å². The Morgan fingerprint density at radius 2 is 1.54 bits per heavy atom. The van der Waals surface area contributed by atoms with Crippen molar-refractivity contribution in [2.75, 3.05) is 33.2 Å². The molecule has 0 amide bonds. The number of hydrogen-bond acceptors (Lipinski definition) is 12. The van der Waals surface area contributed by atoms with E-state index in [1.165, 1.54) is 52.3 Å². The maximum Gasteiger partial charge on any atom is 0.243 e. The monoisotopic (exact) mass is 557 g/mol. The van der Waals surface area contributed by atoms with Crippen molar-refractivity contribution in [3.63, 3.8) is 0 Å². The molecular formula is C24H27N7O7S. The smallest absolute Gasteiger partial charge is 0.243 e. The predicted molar refractivity (Wildman–Crippen MR) is 140 cm³/mol. The summed E-state index contributed by atoms with van der Waals surface area (Å²) in [5.41, 5.74) is 0.698. The van der Waals surface area contributed by atoms with Crippen molar-refractivity contribution in [3.05, 3.63) is 54.5 Å². The first-order valence-electron chi connectivity index (χ1n) is 11.5. The molecule has 206 valence electrons. The number of aliphatic hydroxyl groups is 1. The standard InChI is InChI=1S/C24H27N7O7S/c1-14(22(32)16-12-26-20(38-5)13-25-16)39(33,34)30-24-29-28-23(15-8-6-11-19(27-15)37-4)31(24)21-17(35-2)9-7-10-18(21)36-3/h6-14,22,32H,1-5H3,(H,29,30)/t14-,22-/m0/s1. The van der Waals surface area contributed by atoms with Crippen LogP contribution in [-0.4, -0.2) is 76.9 Å². The van der Waals surface area contributed by atoms with Crippen molar-refractivity contribution in [2.45, 2.75) is 18.3 Å². The van der Waals surface area contributed by atoms with E-state index in [2.05, 4.69) is 29.9 Å². The van der Waals surface area contributed by atoms with Gasteiger partial charge in [0.15, 0.2) is 5.82 Å². The summed E-state index contributed by atoms with van der Waals surface area (Å²) in [6.07, 6.45) is 1.01. The summed E-state index contributed by atoms with van der Waals surface area (Å²) in [5.74, 6) is 1.20. The van der Waals surface area contributed by atoms with E-state index < -0.39 is 21.4 Å². The highest BCUT2D eigenvalue weighted by Crippen LogP contribution is 2.38. The Hall–Kier alpha value is -4.50. The van der Waals surface area contributed by atoms with E-state index in [1.54, 1.807) is 36.4 Å². The van der Waals surface area contributed by atoms with Crippen LogP contribution in [0, 0.1) is 0 Å². The molecule has 4 rings (SSSR count). The van der Waals surface area contributed by atoms with Crippen LogP contribution in [0.25, 0.3) is 17.2 Å². The largest absolute Gasteiger partial charge is 0.494 e. The van der Waals surface area contributed by atoms with E-state index in [0.29, 0.717) is 28.8 Å². The quantitative estimate of drug-likeness (QED) is 0.275. The van der Waals surface area contributed by atoms with Crippen LogP contribution in [0.2, 0.25) is 0 Å². The van der Waals surface area contributed by atoms with Crippen LogP contribution in [0.5, 0.6) is 23.3 Å². The second-order valence-electron chi connectivity index (χ2n) is 8.04. The highest BCUT2D eigenvalue weighted by atomic mass is 32.2. The summed E-state index contributed by atoms with van der Waals surface area (Å²) < 4.78 is 52.1. The van der Waals surface area contributed by atoms with Gasteiger partial charge in [-0.1, -0.05) is 12.1 Å². The molecule has 0 aliphatic carbocycles. The molecule has 0 unspecified atom stereocenters. The molecule has 3 heterocycles. The predicted octanol–water partition coefficient (Wildman–Crippen LogP) is 2.02. The minimum absolute atomic E-state index is 0.0443. The number of anilines is 1. The molecule has 15 heteroatoms. The fourth-order valence-corrected chi connectivity index (χ4v) is 4.70. The lowest BCUT2D eigenvalue weighted by Crippen LogP contribution is -2.32. The van der Waals surface area contributed by atoms with Crippen LogP contribution in [-0.2, 0) is 10.0 Å². The van der Waals surface area contributed by atoms with Crippen molar-refractivity contribution in [2.24, 2.45) is 0 Å². The third-order valence-corrected chi connectivity index (χ3v) is 7.48. The van der Waals surface area contributed by atoms with Gasteiger partial charge < -0.3 is 24.1 Å². The molecule has 39 heavy (non-hydrogen) atoms. The number of para-hydroxylation sites is 1. The van der Waals surface area contributed by atoms with Gasteiger partial charge in [-0.05, 0) is 25.1 Å². The molecule has 0 aliphatic rings. The van der Waals surface area contributed by atoms with Crippen molar-refractivity contribution < 1.29 is 32.5 Å². The van der Waals surface area contributed by atoms with Gasteiger partial charge in [0.25, 0.3) is 0 Å². The number of rotatable bonds is 11. The molecular weight excluding hydrogens is 530 g/mol. The Balaban J connectivity index is 1.82. The Bertz CT molecular complexity index is 1520. The first-order valence-corrected chi connectivity index (χ1v) is 13.0. The first kappa shape index (κ1) is 27.5. The molecule has 0 spiro atoms. The number of aromatic nitrogens is 6. The lowest BCUT2D eigenvalue weighted by molar-refractivity contribution is 0.170. The topological polar surface area (TPSA) is 173 Å². The molecule has 2 N–H and O–H groups in total. The number of methoxy groups -OCH3 is 4. The number of pyridine rings is 1. The summed E-state index contributed by atoms with van der Waals surface area (Å²) >= 11 is 0. The van der Waals surface area contributed by atoms with Crippen molar-refractivity contribution in [1.82, 2.24) is 29.7 Å². The summed E-state index contributed by atoms with van der Waals surface area (Å²) in [6, 6.07) is 10.1. The maximum absolute atomic E-state index is 13.5. The third-order valence-electron chi connectivity index (χ3n) is 5.78. The van der Waals surface area contributed by atoms with E-state index >= 15 is 0 Å². The zero-order chi connectivity index (χ0) is 28.2. The highest BCUT2D eigenvalue weighted by Gasteiger charge is 2.33. The molecule has 0 fully saturated rings. The molecule has 4 aromatic rings. The molecule has 0 bridgehead atoms. The second kappa shape index (κ2) is 11.5. The first-order chi connectivity index (χ1) is 18.7. The maximum atomic E-state index is 13.5. The summed E-state index contributed by atoms with van der Waals surface area (Å²) in [5, 5.41) is 17.7. The minimum Gasteiger partial charge on any atom is -0.494 e. The van der Waals surface area contributed by atoms with Gasteiger partial charge in [0.2, 0.25) is 27.7 Å². The number of benzene rings is 1. The molecule has 14 nitrogen and oxygen atoms in total. The molecule has 0 radical (unpaired) electrons. The number of nitrogens with zero attached hydrogens (tertiary/aromatic N) is 6. The lowest BCUT2D eigenvalue weighted by atomic mass is 10.2. The minimum atomic E-state index is -4.28. The van der Waals surface area contributed by atoms with Gasteiger partial charge in [-0.15, -0.1) is 10.2 Å². The molecule has 0 saturated heterocycles. The number of sulfonamides is 1. The number of hydrogen-bond donors (Lipinski definition) is 2. The zero-order valence-corrected chi connectivity index (χ0v) is 22.6. The fourth-order valence-electron chi connectivity index (χ4n) is 3.65. The van der Waals surface area contributed by atoms with E-state index in [1.807, 2.05) is 0 Å². The van der Waals surface area contributed by atoms with Crippen molar-refractivity contribution in [1.29, 1.82) is 0 Å². The van der Waals surface area contributed by atoms with Crippen LogP contribution in [0.4, 0.5) is 5.95 Å². The van der Waals surface area contributed by atoms with E-state index in [9.17, 15) is 13.5 Å². The molecule has 0 aliphatic heterocycles. The van der Waals surface area contributed by atoms with Crippen LogP contribution < -0.4 is 23.7 Å². The van der Waals surface area contributed by atoms with Gasteiger partial charge in [-0.2, -0.15) is 0 Å². The number of nitrogens with one attached hydrogen (secondary N) is 1. The number of aliphatic hydroxyl groups excluding tert-OH is 1. The van der Waals surface area contributed by atoms with Crippen LogP contribution in [0.15, 0.2) is 48.8 Å². The van der Waals surface area contributed by atoms with Gasteiger partial charge in [-0.3, -0.25) is 14.3 Å². The fraction of sp³-hybridized carbons (Fsp3) is 0.292. The third kappa shape index (κ3) is 5.53. The average molecular weight is 558 g/mol. The van der Waals surface area contributed by atoms with Crippen LogP contribution in [0.3, 0.4) is 0 Å². The SMILES string of the molecule is COc1cnc([C@@H](O)[C@H](C)S(=O)(=O)Nc2nnc(-c3cccc(OC)n3)n2-c2c(OC)cccc2OC)cn1. The molecule has 0 saturated carbocycles.